The van der Waals surface area contributed by atoms with E-state index < -0.39 is 0 Å². The molecule has 2 fully saturated rings. The van der Waals surface area contributed by atoms with Crippen LogP contribution < -0.4 is 10.6 Å². The molecule has 3 nitrogen and oxygen atoms in total. The lowest BCUT2D eigenvalue weighted by Crippen LogP contribution is -2.34. The highest BCUT2D eigenvalue weighted by atomic mass is 16.1. The number of amides is 1. The van der Waals surface area contributed by atoms with Crippen LogP contribution in [0.5, 0.6) is 0 Å². The van der Waals surface area contributed by atoms with Gasteiger partial charge in [-0.3, -0.25) is 4.79 Å². The van der Waals surface area contributed by atoms with Crippen LogP contribution in [0, 0.1) is 24.7 Å². The largest absolute Gasteiger partial charge is 0.351 e. The zero-order chi connectivity index (χ0) is 14.7. The van der Waals surface area contributed by atoms with Crippen LogP contribution in [-0.2, 0) is 0 Å². The second-order valence-electron chi connectivity index (χ2n) is 6.76. The first-order chi connectivity index (χ1) is 10.2. The summed E-state index contributed by atoms with van der Waals surface area (Å²) in [6.45, 7) is 4.72. The van der Waals surface area contributed by atoms with E-state index in [1.165, 1.54) is 31.2 Å². The van der Waals surface area contributed by atoms with Crippen molar-refractivity contribution in [3.8, 4) is 0 Å². The first-order valence-electron chi connectivity index (χ1n) is 8.28. The van der Waals surface area contributed by atoms with Crippen LogP contribution in [0.25, 0.3) is 0 Å². The lowest BCUT2D eigenvalue weighted by molar-refractivity contribution is 0.0953. The van der Waals surface area contributed by atoms with E-state index in [4.69, 9.17) is 0 Å². The smallest absolute Gasteiger partial charge is 0.251 e. The Morgan fingerprint density at radius 3 is 2.62 bits per heavy atom. The Morgan fingerprint density at radius 2 is 1.95 bits per heavy atom. The number of hydrogen-bond donors (Lipinski definition) is 2. The van der Waals surface area contributed by atoms with Crippen LogP contribution in [-0.4, -0.2) is 25.5 Å². The van der Waals surface area contributed by atoms with Gasteiger partial charge in [0, 0.05) is 18.7 Å². The van der Waals surface area contributed by atoms with Crippen molar-refractivity contribution >= 4 is 5.91 Å². The van der Waals surface area contributed by atoms with Gasteiger partial charge in [-0.25, -0.2) is 0 Å². The van der Waals surface area contributed by atoms with E-state index >= 15 is 0 Å². The van der Waals surface area contributed by atoms with Crippen molar-refractivity contribution < 1.29 is 4.79 Å². The number of hydrogen-bond acceptors (Lipinski definition) is 2. The van der Waals surface area contributed by atoms with Gasteiger partial charge in [-0.2, -0.15) is 0 Å². The van der Waals surface area contributed by atoms with Crippen LogP contribution >= 0.6 is 0 Å². The van der Waals surface area contributed by atoms with E-state index in [0.717, 1.165) is 36.4 Å². The number of benzene rings is 1. The molecule has 2 bridgehead atoms. The molecule has 3 rings (SSSR count). The highest BCUT2D eigenvalue weighted by molar-refractivity contribution is 5.94. The van der Waals surface area contributed by atoms with Crippen LogP contribution in [0.4, 0.5) is 0 Å². The average molecular weight is 286 g/mol. The van der Waals surface area contributed by atoms with Crippen molar-refractivity contribution in [2.75, 3.05) is 19.6 Å². The molecule has 2 aliphatic rings. The minimum atomic E-state index is 0.0247. The molecule has 1 aromatic rings. The quantitative estimate of drug-likeness (QED) is 0.790. The number of aryl methyl sites for hydroxylation is 1. The molecule has 0 heterocycles. The first-order valence-corrected chi connectivity index (χ1v) is 8.28. The second kappa shape index (κ2) is 6.61. The normalized spacial score (nSPS) is 27.0. The molecule has 21 heavy (non-hydrogen) atoms. The van der Waals surface area contributed by atoms with E-state index in [1.807, 2.05) is 31.2 Å². The Hall–Kier alpha value is -1.35. The molecule has 3 atom stereocenters. The molecule has 1 aromatic carbocycles. The van der Waals surface area contributed by atoms with E-state index in [0.29, 0.717) is 6.54 Å². The van der Waals surface area contributed by atoms with Crippen molar-refractivity contribution in [1.29, 1.82) is 0 Å². The zero-order valence-corrected chi connectivity index (χ0v) is 12.9. The Kier molecular flexibility index (Phi) is 4.59. The Balaban J connectivity index is 1.31. The zero-order valence-electron chi connectivity index (χ0n) is 12.9. The monoisotopic (exact) mass is 286 g/mol. The Morgan fingerprint density at radius 1 is 1.14 bits per heavy atom. The van der Waals surface area contributed by atoms with Crippen LogP contribution in [0.2, 0.25) is 0 Å². The van der Waals surface area contributed by atoms with Gasteiger partial charge in [0.1, 0.15) is 0 Å². The van der Waals surface area contributed by atoms with Gasteiger partial charge in [-0.05, 0) is 62.6 Å². The second-order valence-corrected chi connectivity index (χ2v) is 6.76. The molecule has 0 spiro atoms. The summed E-state index contributed by atoms with van der Waals surface area (Å²) in [4.78, 5) is 11.9. The maximum Gasteiger partial charge on any atom is 0.251 e. The third-order valence-electron chi connectivity index (χ3n) is 5.19. The Bertz CT molecular complexity index is 482. The lowest BCUT2D eigenvalue weighted by atomic mass is 9.89. The molecule has 2 aliphatic carbocycles. The summed E-state index contributed by atoms with van der Waals surface area (Å²) in [5.74, 6) is 2.90. The predicted molar refractivity (Wildman–Crippen MR) is 85.3 cm³/mol. The summed E-state index contributed by atoms with van der Waals surface area (Å²) < 4.78 is 0. The first kappa shape index (κ1) is 14.6. The molecule has 0 aromatic heterocycles. The van der Waals surface area contributed by atoms with Gasteiger partial charge in [0.25, 0.3) is 5.91 Å². The van der Waals surface area contributed by atoms with Crippen molar-refractivity contribution in [2.45, 2.75) is 32.6 Å². The third kappa shape index (κ3) is 3.65. The van der Waals surface area contributed by atoms with Gasteiger partial charge < -0.3 is 10.6 Å². The highest BCUT2D eigenvalue weighted by Gasteiger charge is 2.38. The molecular weight excluding hydrogens is 260 g/mol. The molecule has 3 heteroatoms. The van der Waals surface area contributed by atoms with Gasteiger partial charge in [0.05, 0.1) is 0 Å². The fourth-order valence-corrected chi connectivity index (χ4v) is 3.99. The fourth-order valence-electron chi connectivity index (χ4n) is 3.99. The van der Waals surface area contributed by atoms with Crippen LogP contribution in [0.15, 0.2) is 24.3 Å². The average Bonchev–Trinajstić information content (AvgIpc) is 3.10. The molecule has 2 N–H and O–H groups in total. The molecule has 2 saturated carbocycles. The van der Waals surface area contributed by atoms with Crippen LogP contribution in [0.3, 0.4) is 0 Å². The van der Waals surface area contributed by atoms with E-state index in [9.17, 15) is 4.79 Å². The van der Waals surface area contributed by atoms with Gasteiger partial charge in [-0.1, -0.05) is 24.1 Å². The number of carbonyl (C=O) groups is 1. The van der Waals surface area contributed by atoms with Gasteiger partial charge in [-0.15, -0.1) is 0 Å². The van der Waals surface area contributed by atoms with E-state index in [2.05, 4.69) is 10.6 Å². The minimum absolute atomic E-state index is 0.0247. The van der Waals surface area contributed by atoms with E-state index in [-0.39, 0.29) is 5.91 Å². The molecule has 1 amide bonds. The predicted octanol–water partition coefficient (Wildman–Crippen LogP) is 2.75. The fraction of sp³-hybridized carbons (Fsp3) is 0.611. The minimum Gasteiger partial charge on any atom is -0.351 e. The molecular formula is C18H26N2O. The molecule has 0 aliphatic heterocycles. The number of nitrogens with one attached hydrogen (secondary N) is 2. The van der Waals surface area contributed by atoms with Crippen molar-refractivity contribution in [1.82, 2.24) is 10.6 Å². The number of carbonyl (C=O) groups excluding carboxylic acids is 1. The van der Waals surface area contributed by atoms with E-state index in [1.54, 1.807) is 0 Å². The maximum atomic E-state index is 11.9. The van der Waals surface area contributed by atoms with Gasteiger partial charge in [0.15, 0.2) is 0 Å². The lowest BCUT2D eigenvalue weighted by Gasteiger charge is -2.21. The third-order valence-corrected chi connectivity index (χ3v) is 5.19. The summed E-state index contributed by atoms with van der Waals surface area (Å²) in [6.07, 6.45) is 5.80. The number of fused-ring (bicyclic) bond motifs is 2. The molecule has 3 unspecified atom stereocenters. The summed E-state index contributed by atoms with van der Waals surface area (Å²) in [5.41, 5.74) is 1.92. The topological polar surface area (TPSA) is 41.1 Å². The Labute approximate surface area is 127 Å². The van der Waals surface area contributed by atoms with Gasteiger partial charge >= 0.3 is 0 Å². The maximum absolute atomic E-state index is 11.9. The molecule has 0 saturated heterocycles. The van der Waals surface area contributed by atoms with Gasteiger partial charge in [0.2, 0.25) is 0 Å². The van der Waals surface area contributed by atoms with Crippen molar-refractivity contribution in [3.05, 3.63) is 35.4 Å². The number of rotatable bonds is 6. The standard InChI is InChI=1S/C18H26N2O/c1-13-2-5-15(6-3-13)18(21)20-9-8-19-12-17-11-14-4-7-16(17)10-14/h2-3,5-6,14,16-17,19H,4,7-12H2,1H3,(H,20,21). The summed E-state index contributed by atoms with van der Waals surface area (Å²) >= 11 is 0. The molecule has 114 valence electrons. The summed E-state index contributed by atoms with van der Waals surface area (Å²) in [7, 11) is 0. The summed E-state index contributed by atoms with van der Waals surface area (Å²) in [5, 5.41) is 6.49. The van der Waals surface area contributed by atoms with Crippen LogP contribution in [0.1, 0.15) is 41.6 Å². The SMILES string of the molecule is Cc1ccc(C(=O)NCCNCC2CC3CCC2C3)cc1. The van der Waals surface area contributed by atoms with Crippen molar-refractivity contribution in [3.63, 3.8) is 0 Å². The molecule has 0 radical (unpaired) electrons. The van der Waals surface area contributed by atoms with Crippen molar-refractivity contribution in [2.24, 2.45) is 17.8 Å². The summed E-state index contributed by atoms with van der Waals surface area (Å²) in [6, 6.07) is 7.71. The highest BCUT2D eigenvalue weighted by Crippen LogP contribution is 2.47.